The number of hydrogen-bond donors (Lipinski definition) is 0. The molecule has 0 aromatic heterocycles. The van der Waals surface area contributed by atoms with Crippen molar-refractivity contribution in [1.29, 1.82) is 0 Å². The molecule has 0 N–H and O–H groups in total. The molecule has 94 valence electrons. The first-order valence-electron chi connectivity index (χ1n) is 5.81. The van der Waals surface area contributed by atoms with Gasteiger partial charge in [0.1, 0.15) is 0 Å². The molecule has 0 aliphatic rings. The minimum Gasteiger partial charge on any atom is -0.298 e. The van der Waals surface area contributed by atoms with Gasteiger partial charge in [0.2, 0.25) is 0 Å². The standard InChI is InChI=1S/C15H15BrClN/c1-18(10-12-6-8-14(17)9-7-12)11-13-4-2-3-5-15(13)16/h2-9H,10-11H2,1H3. The fourth-order valence-corrected chi connectivity index (χ4v) is 2.41. The van der Waals surface area contributed by atoms with Crippen LogP contribution in [0.1, 0.15) is 11.1 Å². The van der Waals surface area contributed by atoms with Gasteiger partial charge in [0.25, 0.3) is 0 Å². The first-order valence-corrected chi connectivity index (χ1v) is 6.98. The van der Waals surface area contributed by atoms with Crippen LogP contribution in [-0.2, 0) is 13.1 Å². The lowest BCUT2D eigenvalue weighted by molar-refractivity contribution is 0.318. The molecule has 0 atom stereocenters. The van der Waals surface area contributed by atoms with Crippen molar-refractivity contribution in [1.82, 2.24) is 4.90 Å². The number of hydrogen-bond acceptors (Lipinski definition) is 1. The lowest BCUT2D eigenvalue weighted by Gasteiger charge is -2.17. The quantitative estimate of drug-likeness (QED) is 0.785. The maximum Gasteiger partial charge on any atom is 0.0406 e. The van der Waals surface area contributed by atoms with Gasteiger partial charge in [0.15, 0.2) is 0 Å². The first-order chi connectivity index (χ1) is 8.65. The molecular formula is C15H15BrClN. The SMILES string of the molecule is CN(Cc1ccc(Cl)cc1)Cc1ccccc1Br. The highest BCUT2D eigenvalue weighted by atomic mass is 79.9. The van der Waals surface area contributed by atoms with Crippen molar-refractivity contribution in [3.63, 3.8) is 0 Å². The van der Waals surface area contributed by atoms with E-state index in [0.717, 1.165) is 22.6 Å². The van der Waals surface area contributed by atoms with Crippen molar-refractivity contribution >= 4 is 27.5 Å². The molecule has 0 heterocycles. The Kier molecular flexibility index (Phi) is 4.81. The summed E-state index contributed by atoms with van der Waals surface area (Å²) in [4.78, 5) is 2.28. The van der Waals surface area contributed by atoms with Crippen molar-refractivity contribution in [3.8, 4) is 0 Å². The van der Waals surface area contributed by atoms with E-state index in [9.17, 15) is 0 Å². The molecule has 0 fully saturated rings. The highest BCUT2D eigenvalue weighted by Crippen LogP contribution is 2.18. The minimum absolute atomic E-state index is 0.784. The van der Waals surface area contributed by atoms with Gasteiger partial charge in [-0.05, 0) is 36.4 Å². The number of rotatable bonds is 4. The summed E-state index contributed by atoms with van der Waals surface area (Å²) in [6.45, 7) is 1.84. The van der Waals surface area contributed by atoms with Crippen molar-refractivity contribution in [3.05, 3.63) is 69.2 Å². The smallest absolute Gasteiger partial charge is 0.0406 e. The Bertz CT molecular complexity index is 510. The van der Waals surface area contributed by atoms with Crippen molar-refractivity contribution in [2.24, 2.45) is 0 Å². The summed E-state index contributed by atoms with van der Waals surface area (Å²) in [7, 11) is 2.12. The fourth-order valence-electron chi connectivity index (χ4n) is 1.87. The lowest BCUT2D eigenvalue weighted by atomic mass is 10.2. The highest BCUT2D eigenvalue weighted by Gasteiger charge is 2.04. The fraction of sp³-hybridized carbons (Fsp3) is 0.200. The average molecular weight is 325 g/mol. The van der Waals surface area contributed by atoms with E-state index in [4.69, 9.17) is 11.6 Å². The summed E-state index contributed by atoms with van der Waals surface area (Å²) in [5.41, 5.74) is 2.57. The summed E-state index contributed by atoms with van der Waals surface area (Å²) in [6.07, 6.45) is 0. The van der Waals surface area contributed by atoms with Gasteiger partial charge in [0, 0.05) is 22.6 Å². The molecular weight excluding hydrogens is 310 g/mol. The molecule has 0 amide bonds. The minimum atomic E-state index is 0.784. The topological polar surface area (TPSA) is 3.24 Å². The van der Waals surface area contributed by atoms with Crippen LogP contribution in [-0.4, -0.2) is 11.9 Å². The third-order valence-corrected chi connectivity index (χ3v) is 3.79. The summed E-state index contributed by atoms with van der Waals surface area (Å²) in [5.74, 6) is 0. The summed E-state index contributed by atoms with van der Waals surface area (Å²) < 4.78 is 1.16. The molecule has 2 aromatic carbocycles. The predicted octanol–water partition coefficient (Wildman–Crippen LogP) is 4.73. The summed E-state index contributed by atoms with van der Waals surface area (Å²) >= 11 is 9.45. The van der Waals surface area contributed by atoms with E-state index in [1.165, 1.54) is 11.1 Å². The van der Waals surface area contributed by atoms with Crippen LogP contribution >= 0.6 is 27.5 Å². The number of halogens is 2. The van der Waals surface area contributed by atoms with Crippen molar-refractivity contribution in [2.75, 3.05) is 7.05 Å². The van der Waals surface area contributed by atoms with Gasteiger partial charge in [-0.25, -0.2) is 0 Å². The Hall–Kier alpha value is -0.830. The van der Waals surface area contributed by atoms with Gasteiger partial charge in [-0.3, -0.25) is 4.90 Å². The molecule has 0 aliphatic carbocycles. The summed E-state index contributed by atoms with van der Waals surface area (Å²) in [5, 5.41) is 0.784. The van der Waals surface area contributed by atoms with Gasteiger partial charge in [-0.2, -0.15) is 0 Å². The molecule has 0 aliphatic heterocycles. The van der Waals surface area contributed by atoms with Crippen LogP contribution in [0, 0.1) is 0 Å². The molecule has 3 heteroatoms. The largest absolute Gasteiger partial charge is 0.298 e. The molecule has 2 aromatic rings. The van der Waals surface area contributed by atoms with Crippen LogP contribution < -0.4 is 0 Å². The van der Waals surface area contributed by atoms with E-state index in [1.807, 2.05) is 18.2 Å². The van der Waals surface area contributed by atoms with Crippen LogP contribution in [0.25, 0.3) is 0 Å². The second-order valence-corrected chi connectivity index (χ2v) is 5.68. The number of benzene rings is 2. The zero-order chi connectivity index (χ0) is 13.0. The molecule has 0 saturated carbocycles. The molecule has 0 radical (unpaired) electrons. The van der Waals surface area contributed by atoms with Crippen molar-refractivity contribution in [2.45, 2.75) is 13.1 Å². The number of nitrogens with zero attached hydrogens (tertiary/aromatic N) is 1. The second-order valence-electron chi connectivity index (χ2n) is 4.39. The Morgan fingerprint density at radius 3 is 2.33 bits per heavy atom. The third kappa shape index (κ3) is 3.84. The van der Waals surface area contributed by atoms with Crippen LogP contribution in [0.15, 0.2) is 53.0 Å². The Balaban J connectivity index is 1.99. The molecule has 0 unspecified atom stereocenters. The third-order valence-electron chi connectivity index (χ3n) is 2.76. The predicted molar refractivity (Wildman–Crippen MR) is 80.8 cm³/mol. The molecule has 0 spiro atoms. The molecule has 1 nitrogen and oxygen atoms in total. The average Bonchev–Trinajstić information content (AvgIpc) is 2.35. The molecule has 2 rings (SSSR count). The zero-order valence-electron chi connectivity index (χ0n) is 10.2. The van der Waals surface area contributed by atoms with E-state index < -0.39 is 0 Å². The van der Waals surface area contributed by atoms with E-state index in [1.54, 1.807) is 0 Å². The Morgan fingerprint density at radius 2 is 1.67 bits per heavy atom. The molecule has 0 saturated heterocycles. The maximum absolute atomic E-state index is 5.88. The van der Waals surface area contributed by atoms with E-state index in [-0.39, 0.29) is 0 Å². The van der Waals surface area contributed by atoms with Crippen molar-refractivity contribution < 1.29 is 0 Å². The highest BCUT2D eigenvalue weighted by molar-refractivity contribution is 9.10. The molecule has 18 heavy (non-hydrogen) atoms. The van der Waals surface area contributed by atoms with Gasteiger partial charge >= 0.3 is 0 Å². The normalized spacial score (nSPS) is 10.9. The zero-order valence-corrected chi connectivity index (χ0v) is 12.6. The molecule has 0 bridgehead atoms. The van der Waals surface area contributed by atoms with Crippen LogP contribution in [0.3, 0.4) is 0 Å². The van der Waals surface area contributed by atoms with E-state index in [0.29, 0.717) is 0 Å². The monoisotopic (exact) mass is 323 g/mol. The van der Waals surface area contributed by atoms with Gasteiger partial charge in [-0.1, -0.05) is 57.9 Å². The van der Waals surface area contributed by atoms with Crippen LogP contribution in [0.2, 0.25) is 5.02 Å². The summed E-state index contributed by atoms with van der Waals surface area (Å²) in [6, 6.07) is 16.3. The second kappa shape index (κ2) is 6.37. The van der Waals surface area contributed by atoms with Crippen LogP contribution in [0.4, 0.5) is 0 Å². The van der Waals surface area contributed by atoms with Crippen LogP contribution in [0.5, 0.6) is 0 Å². The van der Waals surface area contributed by atoms with Gasteiger partial charge in [-0.15, -0.1) is 0 Å². The first kappa shape index (κ1) is 13.6. The Morgan fingerprint density at radius 1 is 1.00 bits per heavy atom. The van der Waals surface area contributed by atoms with Gasteiger partial charge in [0.05, 0.1) is 0 Å². The Labute approximate surface area is 122 Å². The van der Waals surface area contributed by atoms with E-state index in [2.05, 4.69) is 58.2 Å². The van der Waals surface area contributed by atoms with Gasteiger partial charge < -0.3 is 0 Å². The maximum atomic E-state index is 5.88. The van der Waals surface area contributed by atoms with E-state index >= 15 is 0 Å². The lowest BCUT2D eigenvalue weighted by Crippen LogP contribution is -2.17.